The van der Waals surface area contributed by atoms with E-state index in [1.54, 1.807) is 19.2 Å². The van der Waals surface area contributed by atoms with E-state index in [1.807, 2.05) is 16.7 Å². The molecule has 2 aliphatic heterocycles. The molecule has 0 radical (unpaired) electrons. The quantitative estimate of drug-likeness (QED) is 0.740. The molecule has 0 saturated carbocycles. The van der Waals surface area contributed by atoms with Crippen LogP contribution in [0.4, 0.5) is 4.79 Å². The van der Waals surface area contributed by atoms with Gasteiger partial charge in [0.2, 0.25) is 11.9 Å². The van der Waals surface area contributed by atoms with Crippen molar-refractivity contribution in [3.63, 3.8) is 0 Å². The van der Waals surface area contributed by atoms with Gasteiger partial charge in [0.25, 0.3) is 5.91 Å². The molecule has 132 valence electrons. The van der Waals surface area contributed by atoms with Gasteiger partial charge in [0.05, 0.1) is 13.1 Å². The predicted octanol–water partition coefficient (Wildman–Crippen LogP) is 0.0613. The lowest BCUT2D eigenvalue weighted by atomic mass is 10.1. The van der Waals surface area contributed by atoms with E-state index in [4.69, 9.17) is 17.3 Å². The molecule has 9 heteroatoms. The van der Waals surface area contributed by atoms with E-state index in [0.29, 0.717) is 36.5 Å². The summed E-state index contributed by atoms with van der Waals surface area (Å²) in [6.07, 6.45) is 0. The van der Waals surface area contributed by atoms with Crippen LogP contribution in [0.5, 0.6) is 0 Å². The summed E-state index contributed by atoms with van der Waals surface area (Å²) >= 11 is 5.94. The fraction of sp³-hybridized carbons (Fsp3) is 0.375. The number of hydrogen-bond donors (Lipinski definition) is 2. The average Bonchev–Trinajstić information content (AvgIpc) is 2.96. The summed E-state index contributed by atoms with van der Waals surface area (Å²) in [4.78, 5) is 31.9. The van der Waals surface area contributed by atoms with Crippen LogP contribution in [-0.2, 0) is 11.3 Å². The van der Waals surface area contributed by atoms with Crippen LogP contribution in [0.1, 0.15) is 5.56 Å². The molecule has 1 fully saturated rings. The van der Waals surface area contributed by atoms with Crippen LogP contribution in [-0.4, -0.2) is 71.3 Å². The van der Waals surface area contributed by atoms with Crippen LogP contribution in [0.25, 0.3) is 0 Å². The number of nitrogens with one attached hydrogen (secondary N) is 1. The number of carbonyl (C=O) groups is 2. The lowest BCUT2D eigenvalue weighted by Crippen LogP contribution is -2.61. The number of carbonyl (C=O) groups excluding carboxylic acids is 2. The summed E-state index contributed by atoms with van der Waals surface area (Å²) in [5, 5.41) is 3.78. The topological polar surface area (TPSA) is 94.0 Å². The van der Waals surface area contributed by atoms with Gasteiger partial charge < -0.3 is 5.73 Å². The Labute approximate surface area is 150 Å². The van der Waals surface area contributed by atoms with Crippen molar-refractivity contribution in [3.8, 4) is 0 Å². The zero-order valence-corrected chi connectivity index (χ0v) is 14.8. The molecular formula is C16H20ClN6O2+. The number of hydrogen-bond acceptors (Lipinski definition) is 5. The number of aliphatic imine (C=N–C) groups is 1. The molecule has 0 spiro atoms. The fourth-order valence-electron chi connectivity index (χ4n) is 2.88. The highest BCUT2D eigenvalue weighted by Crippen LogP contribution is 2.20. The van der Waals surface area contributed by atoms with Gasteiger partial charge in [-0.2, -0.15) is 0 Å². The first-order chi connectivity index (χ1) is 11.9. The molecule has 1 atom stereocenters. The van der Waals surface area contributed by atoms with Gasteiger partial charge in [-0.1, -0.05) is 28.7 Å². The Morgan fingerprint density at radius 1 is 1.24 bits per heavy atom. The van der Waals surface area contributed by atoms with Crippen molar-refractivity contribution < 1.29 is 14.2 Å². The van der Waals surface area contributed by atoms with Gasteiger partial charge >= 0.3 is 12.0 Å². The summed E-state index contributed by atoms with van der Waals surface area (Å²) in [7, 11) is 3.09. The van der Waals surface area contributed by atoms with Gasteiger partial charge in [-0.3, -0.25) is 19.9 Å². The first kappa shape index (κ1) is 17.4. The highest BCUT2D eigenvalue weighted by molar-refractivity contribution is 6.30. The second kappa shape index (κ2) is 6.81. The first-order valence-corrected chi connectivity index (χ1v) is 8.27. The Kier molecular flexibility index (Phi) is 4.73. The smallest absolute Gasteiger partial charge is 0.328 e. The number of imide groups is 1. The Bertz CT molecular complexity index is 773. The highest BCUT2D eigenvalue weighted by Gasteiger charge is 2.51. The molecule has 0 aliphatic carbocycles. The van der Waals surface area contributed by atoms with E-state index in [-0.39, 0.29) is 5.91 Å². The van der Waals surface area contributed by atoms with Crippen LogP contribution < -0.4 is 11.1 Å². The van der Waals surface area contributed by atoms with Crippen molar-refractivity contribution in [3.05, 3.63) is 34.9 Å². The molecule has 3 rings (SSSR count). The zero-order valence-electron chi connectivity index (χ0n) is 14.1. The number of fused-ring (bicyclic) bond motifs is 1. The molecule has 1 aromatic carbocycles. The van der Waals surface area contributed by atoms with Crippen LogP contribution in [0.15, 0.2) is 29.3 Å². The third kappa shape index (κ3) is 3.10. The van der Waals surface area contributed by atoms with E-state index >= 15 is 0 Å². The van der Waals surface area contributed by atoms with Crippen molar-refractivity contribution >= 4 is 35.3 Å². The molecule has 1 aromatic rings. The molecule has 1 unspecified atom stereocenters. The minimum Gasteiger partial charge on any atom is -0.328 e. The van der Waals surface area contributed by atoms with Gasteiger partial charge in [-0.15, -0.1) is 0 Å². The summed E-state index contributed by atoms with van der Waals surface area (Å²) in [6.45, 7) is 1.39. The number of amides is 3. The molecule has 0 aromatic heterocycles. The third-order valence-corrected chi connectivity index (χ3v) is 4.48. The van der Waals surface area contributed by atoms with Crippen LogP contribution >= 0.6 is 11.6 Å². The molecule has 3 amide bonds. The molecule has 8 nitrogen and oxygen atoms in total. The normalized spacial score (nSPS) is 20.2. The first-order valence-electron chi connectivity index (χ1n) is 7.90. The Balaban J connectivity index is 1.98. The van der Waals surface area contributed by atoms with E-state index < -0.39 is 12.1 Å². The van der Waals surface area contributed by atoms with E-state index in [1.165, 1.54) is 11.9 Å². The van der Waals surface area contributed by atoms with Crippen molar-refractivity contribution in [2.45, 2.75) is 12.6 Å². The SMILES string of the molecule is CN1C(=O)C2C(=NC(NCCN)=[N+]2Cc2ccc(Cl)cc2)N(C)C1=O. The third-order valence-electron chi connectivity index (χ3n) is 4.22. The minimum absolute atomic E-state index is 0.305. The average molecular weight is 364 g/mol. The molecule has 1 saturated heterocycles. The van der Waals surface area contributed by atoms with Crippen LogP contribution in [0.3, 0.4) is 0 Å². The number of benzene rings is 1. The van der Waals surface area contributed by atoms with Gasteiger partial charge in [-0.05, 0) is 17.7 Å². The summed E-state index contributed by atoms with van der Waals surface area (Å²) in [5.41, 5.74) is 6.54. The van der Waals surface area contributed by atoms with Gasteiger partial charge in [0.15, 0.2) is 0 Å². The Hall–Kier alpha value is -2.45. The number of halogens is 1. The second-order valence-corrected chi connectivity index (χ2v) is 6.34. The monoisotopic (exact) mass is 363 g/mol. The van der Waals surface area contributed by atoms with Crippen molar-refractivity contribution in [1.82, 2.24) is 15.1 Å². The number of likely N-dealkylation sites (N-methyl/N-ethyl adjacent to an activating group) is 2. The molecule has 25 heavy (non-hydrogen) atoms. The van der Waals surface area contributed by atoms with E-state index in [0.717, 1.165) is 10.5 Å². The predicted molar refractivity (Wildman–Crippen MR) is 94.6 cm³/mol. The van der Waals surface area contributed by atoms with Gasteiger partial charge in [0, 0.05) is 25.7 Å². The lowest BCUT2D eigenvalue weighted by molar-refractivity contribution is -0.553. The minimum atomic E-state index is -0.649. The maximum absolute atomic E-state index is 12.7. The number of nitrogens with zero attached hydrogens (tertiary/aromatic N) is 4. The Morgan fingerprint density at radius 3 is 2.56 bits per heavy atom. The second-order valence-electron chi connectivity index (χ2n) is 5.90. The number of guanidine groups is 1. The van der Waals surface area contributed by atoms with Crippen LogP contribution in [0, 0.1) is 0 Å². The maximum Gasteiger partial charge on any atom is 0.390 e. The van der Waals surface area contributed by atoms with E-state index in [2.05, 4.69) is 10.3 Å². The van der Waals surface area contributed by atoms with E-state index in [9.17, 15) is 9.59 Å². The number of rotatable bonds is 4. The summed E-state index contributed by atoms with van der Waals surface area (Å²) < 4.78 is 1.84. The number of nitrogens with two attached hydrogens (primary N) is 1. The maximum atomic E-state index is 12.7. The number of amidine groups is 1. The molecule has 0 bridgehead atoms. The highest BCUT2D eigenvalue weighted by atomic mass is 35.5. The zero-order chi connectivity index (χ0) is 18.1. The van der Waals surface area contributed by atoms with Gasteiger partial charge in [-0.25, -0.2) is 9.37 Å². The van der Waals surface area contributed by atoms with Crippen molar-refractivity contribution in [2.75, 3.05) is 27.2 Å². The summed E-state index contributed by atoms with van der Waals surface area (Å²) in [5.74, 6) is 0.644. The van der Waals surface area contributed by atoms with Crippen molar-refractivity contribution in [2.24, 2.45) is 10.7 Å². The Morgan fingerprint density at radius 2 is 1.92 bits per heavy atom. The van der Waals surface area contributed by atoms with Crippen LogP contribution in [0.2, 0.25) is 5.02 Å². The standard InChI is InChI=1S/C16H19ClN6O2/c1-21-13-12(14(24)22(2)16(21)25)23(15(20-13)19-8-7-18)9-10-3-5-11(17)6-4-10/h3-6,12H,7-9,18H2,1-2H3/p+1. The number of urea groups is 1. The van der Waals surface area contributed by atoms with Crippen molar-refractivity contribution in [1.29, 1.82) is 0 Å². The lowest BCUT2D eigenvalue weighted by Gasteiger charge is -2.31. The van der Waals surface area contributed by atoms with Gasteiger partial charge in [0.1, 0.15) is 0 Å². The molecule has 3 N–H and O–H groups in total. The largest absolute Gasteiger partial charge is 0.390 e. The molecular weight excluding hydrogens is 344 g/mol. The summed E-state index contributed by atoms with van der Waals surface area (Å²) in [6, 6.07) is 6.34. The molecule has 2 heterocycles. The molecule has 2 aliphatic rings. The fourth-order valence-corrected chi connectivity index (χ4v) is 3.00.